The Morgan fingerprint density at radius 3 is 2.41 bits per heavy atom. The van der Waals surface area contributed by atoms with Crippen LogP contribution in [0.3, 0.4) is 0 Å². The van der Waals surface area contributed by atoms with Gasteiger partial charge in [-0.2, -0.15) is 0 Å². The largest absolute Gasteiger partial charge is 0.481 e. The normalized spacial score (nSPS) is 10.7. The highest BCUT2D eigenvalue weighted by molar-refractivity contribution is 6.43. The zero-order valence-corrected chi connectivity index (χ0v) is 16.2. The van der Waals surface area contributed by atoms with Gasteiger partial charge >= 0.3 is 11.9 Å². The van der Waals surface area contributed by atoms with Crippen molar-refractivity contribution in [1.82, 2.24) is 4.57 Å². The van der Waals surface area contributed by atoms with Crippen molar-refractivity contribution in [2.24, 2.45) is 0 Å². The zero-order chi connectivity index (χ0) is 21.0. The van der Waals surface area contributed by atoms with Gasteiger partial charge in [-0.15, -0.1) is 0 Å². The number of Topliss-reactive ketones (excluding diaryl/α,β-unsaturated/α-hetero) is 1. The number of ketones is 1. The molecule has 0 fully saturated rings. The van der Waals surface area contributed by atoms with E-state index >= 15 is 0 Å². The number of hydrogen-bond acceptors (Lipinski definition) is 5. The molecule has 0 spiro atoms. The molecule has 0 saturated heterocycles. The second-order valence-corrected chi connectivity index (χ2v) is 6.41. The fourth-order valence-corrected chi connectivity index (χ4v) is 3.31. The molecule has 3 rings (SSSR count). The number of nitrogens with zero attached hydrogens (tertiary/aromatic N) is 1. The van der Waals surface area contributed by atoms with Crippen LogP contribution >= 0.6 is 0 Å². The minimum atomic E-state index is -1.55. The summed E-state index contributed by atoms with van der Waals surface area (Å²) in [7, 11) is 0. The lowest BCUT2D eigenvalue weighted by molar-refractivity contribution is -0.145. The monoisotopic (exact) mass is 395 g/mol. The van der Waals surface area contributed by atoms with Crippen molar-refractivity contribution >= 4 is 28.6 Å². The van der Waals surface area contributed by atoms with Gasteiger partial charge in [-0.25, -0.2) is 9.59 Å². The van der Waals surface area contributed by atoms with E-state index in [9.17, 15) is 19.5 Å². The van der Waals surface area contributed by atoms with Gasteiger partial charge in [0, 0.05) is 12.2 Å². The smallest absolute Gasteiger partial charge is 0.377 e. The number of benzene rings is 2. The van der Waals surface area contributed by atoms with E-state index < -0.39 is 17.7 Å². The quantitative estimate of drug-likeness (QED) is 0.358. The number of ether oxygens (including phenoxy) is 2. The van der Waals surface area contributed by atoms with Crippen molar-refractivity contribution in [1.29, 1.82) is 0 Å². The number of hydrogen-bond donors (Lipinski definition) is 1. The van der Waals surface area contributed by atoms with E-state index in [1.54, 1.807) is 32.0 Å². The molecule has 0 saturated carbocycles. The van der Waals surface area contributed by atoms with Crippen molar-refractivity contribution in [2.45, 2.75) is 20.4 Å². The summed E-state index contributed by atoms with van der Waals surface area (Å²) in [4.78, 5) is 35.6. The first-order valence-corrected chi connectivity index (χ1v) is 9.15. The SMILES string of the molecule is CCOC(=O)COc1cccc2c1c(C(=O)C(=O)O)c(C)n2Cc1ccccc1. The molecule has 2 aromatic carbocycles. The summed E-state index contributed by atoms with van der Waals surface area (Å²) in [6.45, 7) is 3.74. The molecule has 7 nitrogen and oxygen atoms in total. The number of aromatic nitrogens is 1. The van der Waals surface area contributed by atoms with E-state index in [1.165, 1.54) is 0 Å². The van der Waals surface area contributed by atoms with Crippen molar-refractivity contribution < 1.29 is 29.0 Å². The lowest BCUT2D eigenvalue weighted by Crippen LogP contribution is -2.16. The van der Waals surface area contributed by atoms with Gasteiger partial charge in [0.2, 0.25) is 0 Å². The Kier molecular flexibility index (Phi) is 5.97. The van der Waals surface area contributed by atoms with Gasteiger partial charge in [-0.1, -0.05) is 36.4 Å². The molecule has 0 radical (unpaired) electrons. The minimum absolute atomic E-state index is 0.0582. The standard InChI is InChI=1S/C22H21NO6/c1-3-28-18(24)13-29-17-11-7-10-16-20(17)19(21(25)22(26)27)14(2)23(16)12-15-8-5-4-6-9-15/h4-11H,3,12-13H2,1-2H3,(H,26,27). The van der Waals surface area contributed by atoms with E-state index in [0.29, 0.717) is 23.1 Å². The van der Waals surface area contributed by atoms with Crippen LogP contribution in [0.25, 0.3) is 10.9 Å². The Balaban J connectivity index is 2.14. The zero-order valence-electron chi connectivity index (χ0n) is 16.2. The molecule has 0 amide bonds. The van der Waals surface area contributed by atoms with Gasteiger partial charge in [0.25, 0.3) is 5.78 Å². The van der Waals surface area contributed by atoms with Crippen LogP contribution in [-0.4, -0.2) is 40.6 Å². The topological polar surface area (TPSA) is 94.8 Å². The van der Waals surface area contributed by atoms with Gasteiger partial charge in [0.15, 0.2) is 6.61 Å². The maximum atomic E-state index is 12.5. The molecule has 0 atom stereocenters. The fourth-order valence-electron chi connectivity index (χ4n) is 3.31. The number of carboxylic acid groups (broad SMARTS) is 1. The summed E-state index contributed by atoms with van der Waals surface area (Å²) in [6.07, 6.45) is 0. The van der Waals surface area contributed by atoms with E-state index in [-0.39, 0.29) is 24.5 Å². The maximum absolute atomic E-state index is 12.5. The Labute approximate surface area is 167 Å². The molecule has 3 aromatic rings. The van der Waals surface area contributed by atoms with Crippen molar-refractivity contribution in [3.63, 3.8) is 0 Å². The van der Waals surface area contributed by atoms with Crippen LogP contribution in [0.5, 0.6) is 5.75 Å². The molecular formula is C22H21NO6. The first-order chi connectivity index (χ1) is 13.9. The highest BCUT2D eigenvalue weighted by atomic mass is 16.6. The lowest BCUT2D eigenvalue weighted by atomic mass is 10.1. The highest BCUT2D eigenvalue weighted by Gasteiger charge is 2.27. The third-order valence-corrected chi connectivity index (χ3v) is 4.57. The van der Waals surface area contributed by atoms with Crippen LogP contribution in [0.1, 0.15) is 28.5 Å². The molecule has 7 heteroatoms. The Morgan fingerprint density at radius 2 is 1.76 bits per heavy atom. The highest BCUT2D eigenvalue weighted by Crippen LogP contribution is 2.34. The van der Waals surface area contributed by atoms with Crippen molar-refractivity contribution in [3.05, 3.63) is 65.4 Å². The molecule has 150 valence electrons. The summed E-state index contributed by atoms with van der Waals surface area (Å²) in [6, 6.07) is 14.8. The molecule has 0 unspecified atom stereocenters. The Hall–Kier alpha value is -3.61. The first kappa shape index (κ1) is 20.1. The van der Waals surface area contributed by atoms with Gasteiger partial charge in [0.1, 0.15) is 5.75 Å². The summed E-state index contributed by atoms with van der Waals surface area (Å²) in [5, 5.41) is 9.70. The second kappa shape index (κ2) is 8.60. The fraction of sp³-hybridized carbons (Fsp3) is 0.227. The molecule has 1 aromatic heterocycles. The number of carbonyl (C=O) groups is 3. The predicted molar refractivity (Wildman–Crippen MR) is 106 cm³/mol. The average Bonchev–Trinajstić information content (AvgIpc) is 2.99. The van der Waals surface area contributed by atoms with E-state index in [1.807, 2.05) is 34.9 Å². The third kappa shape index (κ3) is 4.13. The first-order valence-electron chi connectivity index (χ1n) is 9.15. The molecule has 1 heterocycles. The summed E-state index contributed by atoms with van der Waals surface area (Å²) < 4.78 is 12.3. The molecule has 0 aliphatic rings. The number of carbonyl (C=O) groups excluding carboxylic acids is 2. The van der Waals surface area contributed by atoms with Crippen LogP contribution in [-0.2, 0) is 20.9 Å². The molecule has 0 aliphatic heterocycles. The summed E-state index contributed by atoms with van der Waals surface area (Å²) in [5.74, 6) is -2.86. The number of aliphatic carboxylic acids is 1. The van der Waals surface area contributed by atoms with Gasteiger partial charge < -0.3 is 19.1 Å². The average molecular weight is 395 g/mol. The molecule has 1 N–H and O–H groups in total. The van der Waals surface area contributed by atoms with Crippen LogP contribution in [0.15, 0.2) is 48.5 Å². The van der Waals surface area contributed by atoms with E-state index in [2.05, 4.69) is 0 Å². The van der Waals surface area contributed by atoms with Gasteiger partial charge in [-0.05, 0) is 31.5 Å². The van der Waals surface area contributed by atoms with Crippen LogP contribution in [0.2, 0.25) is 0 Å². The van der Waals surface area contributed by atoms with Crippen LogP contribution < -0.4 is 4.74 Å². The third-order valence-electron chi connectivity index (χ3n) is 4.57. The van der Waals surface area contributed by atoms with E-state index in [0.717, 1.165) is 5.56 Å². The van der Waals surface area contributed by atoms with E-state index in [4.69, 9.17) is 9.47 Å². The Morgan fingerprint density at radius 1 is 1.03 bits per heavy atom. The number of carboxylic acids is 1. The predicted octanol–water partition coefficient (Wildman–Crippen LogP) is 3.21. The van der Waals surface area contributed by atoms with Gasteiger partial charge in [-0.3, -0.25) is 4.79 Å². The maximum Gasteiger partial charge on any atom is 0.377 e. The lowest BCUT2D eigenvalue weighted by Gasteiger charge is -2.10. The minimum Gasteiger partial charge on any atom is -0.481 e. The number of esters is 1. The molecule has 0 bridgehead atoms. The van der Waals surface area contributed by atoms with Crippen LogP contribution in [0, 0.1) is 6.92 Å². The van der Waals surface area contributed by atoms with Gasteiger partial charge in [0.05, 0.1) is 23.1 Å². The second-order valence-electron chi connectivity index (χ2n) is 6.41. The summed E-state index contributed by atoms with van der Waals surface area (Å²) in [5.41, 5.74) is 2.23. The van der Waals surface area contributed by atoms with Crippen LogP contribution in [0.4, 0.5) is 0 Å². The molecule has 0 aliphatic carbocycles. The van der Waals surface area contributed by atoms with Crippen molar-refractivity contribution in [2.75, 3.05) is 13.2 Å². The number of rotatable bonds is 8. The molecule has 29 heavy (non-hydrogen) atoms. The number of fused-ring (bicyclic) bond motifs is 1. The Bertz CT molecular complexity index is 1070. The summed E-state index contributed by atoms with van der Waals surface area (Å²) >= 11 is 0. The van der Waals surface area contributed by atoms with Crippen molar-refractivity contribution in [3.8, 4) is 5.75 Å². The molecular weight excluding hydrogens is 374 g/mol.